The van der Waals surface area contributed by atoms with Crippen LogP contribution in [0.2, 0.25) is 0 Å². The molecular weight excluding hydrogens is 501 g/mol. The van der Waals surface area contributed by atoms with Crippen molar-refractivity contribution in [1.29, 1.82) is 0 Å². The summed E-state index contributed by atoms with van der Waals surface area (Å²) in [6, 6.07) is 47.3. The van der Waals surface area contributed by atoms with Crippen molar-refractivity contribution in [3.05, 3.63) is 156 Å². The predicted octanol–water partition coefficient (Wildman–Crippen LogP) is 6.81. The molecule has 1 spiro atoms. The molecule has 3 nitrogen and oxygen atoms in total. The van der Waals surface area contributed by atoms with E-state index in [2.05, 4.69) is 126 Å². The first-order valence-electron chi connectivity index (χ1n) is 14.0. The molecule has 0 fully saturated rings. The monoisotopic (exact) mass is 525 g/mol. The summed E-state index contributed by atoms with van der Waals surface area (Å²) in [5.74, 6) is 0. The van der Waals surface area contributed by atoms with E-state index in [0.29, 0.717) is 5.46 Å². The van der Waals surface area contributed by atoms with Gasteiger partial charge in [0.15, 0.2) is 0 Å². The Kier molecular flexibility index (Phi) is 4.51. The highest BCUT2D eigenvalue weighted by Crippen LogP contribution is 2.62. The van der Waals surface area contributed by atoms with Gasteiger partial charge < -0.3 is 14.6 Å². The molecule has 0 saturated heterocycles. The van der Waals surface area contributed by atoms with Gasteiger partial charge in [-0.2, -0.15) is 0 Å². The molecule has 1 unspecified atom stereocenters. The molecule has 0 bridgehead atoms. The standard InChI is InChI=1S/C37H24BNO2/c40-38(41)23-17-19-27-25-9-1-5-13-31(25)37(33(27)21-23)32-14-6-2-10-26(32)28-20-18-24(22-34(28)37)39-35-15-7-3-11-29(35)30-12-4-8-16-36(30)39/h1-22,40-41H. The van der Waals surface area contributed by atoms with Gasteiger partial charge in [-0.1, -0.05) is 109 Å². The van der Waals surface area contributed by atoms with Gasteiger partial charge in [0.1, 0.15) is 0 Å². The fraction of sp³-hybridized carbons (Fsp3) is 0.0270. The van der Waals surface area contributed by atoms with Crippen LogP contribution in [0.1, 0.15) is 22.3 Å². The van der Waals surface area contributed by atoms with E-state index < -0.39 is 12.5 Å². The van der Waals surface area contributed by atoms with Crippen LogP contribution in [0.5, 0.6) is 0 Å². The maximum Gasteiger partial charge on any atom is 0.488 e. The Labute approximate surface area is 237 Å². The van der Waals surface area contributed by atoms with E-state index >= 15 is 0 Å². The van der Waals surface area contributed by atoms with Crippen LogP contribution in [0.3, 0.4) is 0 Å². The van der Waals surface area contributed by atoms with Gasteiger partial charge in [-0.15, -0.1) is 0 Å². The number of fused-ring (bicyclic) bond motifs is 13. The van der Waals surface area contributed by atoms with E-state index in [1.807, 2.05) is 12.1 Å². The highest BCUT2D eigenvalue weighted by atomic mass is 16.4. The molecule has 1 heterocycles. The lowest BCUT2D eigenvalue weighted by atomic mass is 9.68. The van der Waals surface area contributed by atoms with Gasteiger partial charge >= 0.3 is 7.12 Å². The third-order valence-corrected chi connectivity index (χ3v) is 9.23. The van der Waals surface area contributed by atoms with Gasteiger partial charge in [0.25, 0.3) is 0 Å². The molecule has 2 aliphatic rings. The van der Waals surface area contributed by atoms with Gasteiger partial charge in [0.2, 0.25) is 0 Å². The fourth-order valence-corrected chi connectivity index (χ4v) is 7.65. The summed E-state index contributed by atoms with van der Waals surface area (Å²) in [5, 5.41) is 22.9. The zero-order valence-electron chi connectivity index (χ0n) is 22.1. The van der Waals surface area contributed by atoms with Crippen LogP contribution >= 0.6 is 0 Å². The van der Waals surface area contributed by atoms with Crippen molar-refractivity contribution in [3.63, 3.8) is 0 Å². The maximum atomic E-state index is 10.2. The molecule has 2 aliphatic carbocycles. The Hall–Kier alpha value is -4.90. The van der Waals surface area contributed by atoms with Crippen molar-refractivity contribution in [2.75, 3.05) is 0 Å². The zero-order chi connectivity index (χ0) is 27.3. The summed E-state index contributed by atoms with van der Waals surface area (Å²) in [4.78, 5) is 0. The Morgan fingerprint density at radius 3 is 1.56 bits per heavy atom. The lowest BCUT2D eigenvalue weighted by Crippen LogP contribution is -2.33. The van der Waals surface area contributed by atoms with Crippen molar-refractivity contribution < 1.29 is 10.0 Å². The fourth-order valence-electron chi connectivity index (χ4n) is 7.65. The molecule has 41 heavy (non-hydrogen) atoms. The van der Waals surface area contributed by atoms with E-state index in [4.69, 9.17) is 0 Å². The highest BCUT2D eigenvalue weighted by Gasteiger charge is 2.52. The SMILES string of the molecule is OB(O)c1ccc2c(c1)C1(c3ccccc3-2)c2ccccc2-c2ccc(-n3c4ccccc4c4ccccc43)cc21. The van der Waals surface area contributed by atoms with Crippen LogP contribution in [0.4, 0.5) is 0 Å². The van der Waals surface area contributed by atoms with Crippen LogP contribution in [0.25, 0.3) is 49.7 Å². The topological polar surface area (TPSA) is 45.4 Å². The molecule has 0 radical (unpaired) electrons. The summed E-state index contributed by atoms with van der Waals surface area (Å²) < 4.78 is 2.37. The predicted molar refractivity (Wildman–Crippen MR) is 167 cm³/mol. The second-order valence-electron chi connectivity index (χ2n) is 11.1. The van der Waals surface area contributed by atoms with Crippen molar-refractivity contribution in [2.45, 2.75) is 5.41 Å². The second kappa shape index (κ2) is 8.08. The van der Waals surface area contributed by atoms with Crippen LogP contribution in [0.15, 0.2) is 133 Å². The van der Waals surface area contributed by atoms with Crippen LogP contribution in [-0.2, 0) is 5.41 Å². The summed E-state index contributed by atoms with van der Waals surface area (Å²) in [5.41, 5.74) is 12.9. The summed E-state index contributed by atoms with van der Waals surface area (Å²) in [7, 11) is -1.54. The lowest BCUT2D eigenvalue weighted by Gasteiger charge is -2.31. The van der Waals surface area contributed by atoms with Gasteiger partial charge in [-0.25, -0.2) is 0 Å². The number of benzene rings is 6. The third-order valence-electron chi connectivity index (χ3n) is 9.23. The highest BCUT2D eigenvalue weighted by molar-refractivity contribution is 6.58. The normalized spacial score (nSPS) is 16.1. The van der Waals surface area contributed by atoms with E-state index in [1.165, 1.54) is 55.2 Å². The molecule has 7 aromatic rings. The third kappa shape index (κ3) is 2.81. The first-order valence-corrected chi connectivity index (χ1v) is 14.0. The molecule has 0 amide bonds. The quantitative estimate of drug-likeness (QED) is 0.244. The van der Waals surface area contributed by atoms with Gasteiger partial charge in [-0.05, 0) is 74.2 Å². The minimum atomic E-state index is -1.54. The van der Waals surface area contributed by atoms with Crippen molar-refractivity contribution in [3.8, 4) is 27.9 Å². The first-order chi connectivity index (χ1) is 20.2. The van der Waals surface area contributed by atoms with Crippen LogP contribution < -0.4 is 5.46 Å². The summed E-state index contributed by atoms with van der Waals surface area (Å²) in [6.07, 6.45) is 0. The number of hydrogen-bond donors (Lipinski definition) is 2. The average Bonchev–Trinajstić information content (AvgIpc) is 3.62. The Bertz CT molecular complexity index is 2150. The van der Waals surface area contributed by atoms with Crippen molar-refractivity contribution in [2.24, 2.45) is 0 Å². The molecule has 2 N–H and O–H groups in total. The van der Waals surface area contributed by atoms with Gasteiger partial charge in [-0.3, -0.25) is 0 Å². The molecule has 192 valence electrons. The minimum Gasteiger partial charge on any atom is -0.423 e. The van der Waals surface area contributed by atoms with E-state index in [1.54, 1.807) is 0 Å². The smallest absolute Gasteiger partial charge is 0.423 e. The van der Waals surface area contributed by atoms with Gasteiger partial charge in [0, 0.05) is 16.5 Å². The average molecular weight is 525 g/mol. The second-order valence-corrected chi connectivity index (χ2v) is 11.1. The minimum absolute atomic E-state index is 0.500. The first kappa shape index (κ1) is 22.9. The van der Waals surface area contributed by atoms with Crippen molar-refractivity contribution in [1.82, 2.24) is 4.57 Å². The molecule has 0 saturated carbocycles. The largest absolute Gasteiger partial charge is 0.488 e. The van der Waals surface area contributed by atoms with E-state index in [0.717, 1.165) is 16.8 Å². The van der Waals surface area contributed by atoms with Crippen LogP contribution in [-0.4, -0.2) is 21.7 Å². The molecule has 4 heteroatoms. The molecule has 1 aromatic heterocycles. The molecule has 1 atom stereocenters. The Morgan fingerprint density at radius 1 is 0.463 bits per heavy atom. The number of para-hydroxylation sites is 2. The van der Waals surface area contributed by atoms with E-state index in [-0.39, 0.29) is 0 Å². The van der Waals surface area contributed by atoms with Gasteiger partial charge in [0.05, 0.1) is 16.4 Å². The molecule has 6 aromatic carbocycles. The Morgan fingerprint density at radius 2 is 0.951 bits per heavy atom. The summed E-state index contributed by atoms with van der Waals surface area (Å²) in [6.45, 7) is 0. The van der Waals surface area contributed by atoms with Crippen LogP contribution in [0, 0.1) is 0 Å². The van der Waals surface area contributed by atoms with E-state index in [9.17, 15) is 10.0 Å². The zero-order valence-corrected chi connectivity index (χ0v) is 22.1. The number of hydrogen-bond acceptors (Lipinski definition) is 2. The number of rotatable bonds is 2. The van der Waals surface area contributed by atoms with Crippen molar-refractivity contribution >= 4 is 34.4 Å². The summed E-state index contributed by atoms with van der Waals surface area (Å²) >= 11 is 0. The number of aromatic nitrogens is 1. The lowest BCUT2D eigenvalue weighted by molar-refractivity contribution is 0.425. The molecule has 0 aliphatic heterocycles. The molecular formula is C37H24BNO2. The number of nitrogens with zero attached hydrogens (tertiary/aromatic N) is 1. The Balaban J connectivity index is 1.42. The molecule has 9 rings (SSSR count). The maximum absolute atomic E-state index is 10.2.